The van der Waals surface area contributed by atoms with Crippen molar-refractivity contribution in [2.45, 2.75) is 6.10 Å². The van der Waals surface area contributed by atoms with Crippen molar-refractivity contribution in [3.63, 3.8) is 0 Å². The molecule has 0 fully saturated rings. The Morgan fingerprint density at radius 2 is 2.21 bits per heavy atom. The van der Waals surface area contributed by atoms with E-state index in [1.54, 1.807) is 12.1 Å². The molecule has 0 aliphatic heterocycles. The lowest BCUT2D eigenvalue weighted by molar-refractivity contribution is 0.179. The third kappa shape index (κ3) is 3.36. The van der Waals surface area contributed by atoms with Gasteiger partial charge in [0.05, 0.1) is 6.54 Å². The van der Waals surface area contributed by atoms with Gasteiger partial charge in [-0.3, -0.25) is 4.99 Å². The van der Waals surface area contributed by atoms with Crippen molar-refractivity contribution in [2.24, 2.45) is 12.0 Å². The number of rotatable bonds is 4. The van der Waals surface area contributed by atoms with Crippen LogP contribution in [0.15, 0.2) is 41.5 Å². The number of phenolic OH excluding ortho intramolecular Hbond substituents is 1. The highest BCUT2D eigenvalue weighted by molar-refractivity contribution is 6.30. The largest absolute Gasteiger partial charge is 0.507 e. The predicted molar refractivity (Wildman–Crippen MR) is 76.0 cm³/mol. The number of aryl methyl sites for hydroxylation is 1. The van der Waals surface area contributed by atoms with Crippen molar-refractivity contribution in [2.75, 3.05) is 6.54 Å². The Kier molecular flexibility index (Phi) is 4.24. The second kappa shape index (κ2) is 5.91. The second-order valence-electron chi connectivity index (χ2n) is 4.26. The minimum absolute atomic E-state index is 0.113. The molecule has 0 spiro atoms. The average Bonchev–Trinajstić information content (AvgIpc) is 2.80. The van der Waals surface area contributed by atoms with Gasteiger partial charge in [0.1, 0.15) is 11.9 Å². The fourth-order valence-corrected chi connectivity index (χ4v) is 1.97. The number of nitrogens with zero attached hydrogens (tertiary/aromatic N) is 2. The second-order valence-corrected chi connectivity index (χ2v) is 4.69. The van der Waals surface area contributed by atoms with Crippen LogP contribution in [0.2, 0.25) is 5.02 Å². The number of halogens is 1. The summed E-state index contributed by atoms with van der Waals surface area (Å²) in [5.41, 5.74) is 1.33. The van der Waals surface area contributed by atoms with Crippen LogP contribution in [0.1, 0.15) is 17.4 Å². The Balaban J connectivity index is 2.04. The first-order valence-corrected chi connectivity index (χ1v) is 6.23. The highest BCUT2D eigenvalue weighted by Gasteiger charge is 2.09. The van der Waals surface area contributed by atoms with Crippen LogP contribution in [0, 0.1) is 0 Å². The van der Waals surface area contributed by atoms with Crippen LogP contribution in [0.4, 0.5) is 0 Å². The van der Waals surface area contributed by atoms with Crippen LogP contribution in [-0.4, -0.2) is 27.5 Å². The quantitative estimate of drug-likeness (QED) is 0.845. The highest BCUT2D eigenvalue weighted by atomic mass is 35.5. The third-order valence-electron chi connectivity index (χ3n) is 2.82. The van der Waals surface area contributed by atoms with Crippen molar-refractivity contribution in [1.82, 2.24) is 4.57 Å². The van der Waals surface area contributed by atoms with Gasteiger partial charge in [0, 0.05) is 35.7 Å². The zero-order valence-corrected chi connectivity index (χ0v) is 11.2. The molecule has 0 saturated heterocycles. The number of aromatic hydroxyl groups is 1. The summed E-state index contributed by atoms with van der Waals surface area (Å²) in [6.07, 6.45) is 2.70. The summed E-state index contributed by atoms with van der Waals surface area (Å²) in [6, 6.07) is 8.45. The molecule has 0 bridgehead atoms. The van der Waals surface area contributed by atoms with Crippen LogP contribution in [0.3, 0.4) is 0 Å². The van der Waals surface area contributed by atoms with Gasteiger partial charge in [0.15, 0.2) is 0 Å². The SMILES string of the molecule is Cn1cccc1C(O)CN=Cc1cc(Cl)ccc1O. The topological polar surface area (TPSA) is 57.8 Å². The lowest BCUT2D eigenvalue weighted by Gasteiger charge is -2.09. The fraction of sp³-hybridized carbons (Fsp3) is 0.214. The zero-order valence-electron chi connectivity index (χ0n) is 10.5. The number of hydrogen-bond donors (Lipinski definition) is 2. The Morgan fingerprint density at radius 1 is 1.42 bits per heavy atom. The summed E-state index contributed by atoms with van der Waals surface area (Å²) < 4.78 is 1.84. The van der Waals surface area contributed by atoms with Gasteiger partial charge >= 0.3 is 0 Å². The van der Waals surface area contributed by atoms with Gasteiger partial charge in [-0.25, -0.2) is 0 Å². The van der Waals surface area contributed by atoms with E-state index in [1.165, 1.54) is 12.3 Å². The molecule has 100 valence electrons. The molecule has 2 N–H and O–H groups in total. The number of aliphatic hydroxyl groups excluding tert-OH is 1. The van der Waals surface area contributed by atoms with E-state index in [9.17, 15) is 10.2 Å². The van der Waals surface area contributed by atoms with Crippen LogP contribution >= 0.6 is 11.6 Å². The average molecular weight is 279 g/mol. The molecule has 0 amide bonds. The number of benzene rings is 1. The van der Waals surface area contributed by atoms with Crippen molar-refractivity contribution < 1.29 is 10.2 Å². The fourth-order valence-electron chi connectivity index (χ4n) is 1.79. The highest BCUT2D eigenvalue weighted by Crippen LogP contribution is 2.20. The molecule has 1 unspecified atom stereocenters. The van der Waals surface area contributed by atoms with E-state index < -0.39 is 6.10 Å². The van der Waals surface area contributed by atoms with Gasteiger partial charge in [0.25, 0.3) is 0 Å². The first-order chi connectivity index (χ1) is 9.08. The molecule has 2 aromatic rings. The maximum atomic E-state index is 9.97. The van der Waals surface area contributed by atoms with Crippen molar-refractivity contribution in [3.8, 4) is 5.75 Å². The van der Waals surface area contributed by atoms with Crippen LogP contribution < -0.4 is 0 Å². The summed E-state index contributed by atoms with van der Waals surface area (Å²) in [5, 5.41) is 20.1. The minimum atomic E-state index is -0.669. The monoisotopic (exact) mass is 278 g/mol. The van der Waals surface area contributed by atoms with Crippen molar-refractivity contribution >= 4 is 17.8 Å². The summed E-state index contributed by atoms with van der Waals surface area (Å²) in [5.74, 6) is 0.113. The maximum absolute atomic E-state index is 9.97. The number of aliphatic hydroxyl groups is 1. The Hall–Kier alpha value is -1.78. The van der Waals surface area contributed by atoms with E-state index in [0.29, 0.717) is 10.6 Å². The van der Waals surface area contributed by atoms with Gasteiger partial charge in [-0.05, 0) is 30.3 Å². The Labute approximate surface area is 116 Å². The van der Waals surface area contributed by atoms with Crippen LogP contribution in [0.5, 0.6) is 5.75 Å². The maximum Gasteiger partial charge on any atom is 0.124 e. The molecule has 1 heterocycles. The van der Waals surface area contributed by atoms with Gasteiger partial charge in [-0.15, -0.1) is 0 Å². The molecular formula is C14H15ClN2O2. The van der Waals surface area contributed by atoms with Crippen LogP contribution in [0.25, 0.3) is 0 Å². The molecule has 4 nitrogen and oxygen atoms in total. The van der Waals surface area contributed by atoms with Gasteiger partial charge in [-0.2, -0.15) is 0 Å². The summed E-state index contributed by atoms with van der Waals surface area (Å²) in [6.45, 7) is 0.226. The standard InChI is InChI=1S/C14H15ClN2O2/c1-17-6-2-3-12(17)14(19)9-16-8-10-7-11(15)4-5-13(10)18/h2-8,14,18-19H,9H2,1H3. The Morgan fingerprint density at radius 3 is 2.89 bits per heavy atom. The summed E-state index contributed by atoms with van der Waals surface area (Å²) >= 11 is 5.83. The zero-order chi connectivity index (χ0) is 13.8. The van der Waals surface area contributed by atoms with E-state index in [1.807, 2.05) is 29.9 Å². The van der Waals surface area contributed by atoms with E-state index in [0.717, 1.165) is 5.69 Å². The molecule has 0 aliphatic carbocycles. The predicted octanol–water partition coefficient (Wildman–Crippen LogP) is 2.54. The van der Waals surface area contributed by atoms with E-state index in [2.05, 4.69) is 4.99 Å². The van der Waals surface area contributed by atoms with Gasteiger partial charge in [0.2, 0.25) is 0 Å². The molecular weight excluding hydrogens is 264 g/mol. The number of aliphatic imine (C=N–C) groups is 1. The van der Waals surface area contributed by atoms with Crippen LogP contribution in [-0.2, 0) is 7.05 Å². The number of phenols is 1. The van der Waals surface area contributed by atoms with Crippen molar-refractivity contribution in [3.05, 3.63) is 52.8 Å². The van der Waals surface area contributed by atoms with Gasteiger partial charge in [-0.1, -0.05) is 11.6 Å². The normalized spacial score (nSPS) is 13.0. The molecule has 0 radical (unpaired) electrons. The first kappa shape index (κ1) is 13.6. The molecule has 1 aromatic carbocycles. The first-order valence-electron chi connectivity index (χ1n) is 5.85. The molecule has 0 aliphatic rings. The summed E-state index contributed by atoms with van der Waals surface area (Å²) in [7, 11) is 1.87. The van der Waals surface area contributed by atoms with E-state index in [-0.39, 0.29) is 12.3 Å². The van der Waals surface area contributed by atoms with Gasteiger partial charge < -0.3 is 14.8 Å². The molecule has 2 rings (SSSR count). The molecule has 0 saturated carbocycles. The molecule has 1 atom stereocenters. The van der Waals surface area contributed by atoms with Crippen molar-refractivity contribution in [1.29, 1.82) is 0 Å². The Bertz CT molecular complexity index is 593. The summed E-state index contributed by atoms with van der Waals surface area (Å²) in [4.78, 5) is 4.13. The smallest absolute Gasteiger partial charge is 0.124 e. The number of hydrogen-bond acceptors (Lipinski definition) is 3. The molecule has 1 aromatic heterocycles. The number of aromatic nitrogens is 1. The molecule has 5 heteroatoms. The van der Waals surface area contributed by atoms with E-state index >= 15 is 0 Å². The molecule has 19 heavy (non-hydrogen) atoms. The lowest BCUT2D eigenvalue weighted by atomic mass is 10.2. The lowest BCUT2D eigenvalue weighted by Crippen LogP contribution is -2.06. The minimum Gasteiger partial charge on any atom is -0.507 e. The van der Waals surface area contributed by atoms with E-state index in [4.69, 9.17) is 11.6 Å². The third-order valence-corrected chi connectivity index (χ3v) is 3.06.